The summed E-state index contributed by atoms with van der Waals surface area (Å²) in [6.45, 7) is 7.69. The first-order chi connectivity index (χ1) is 9.47. The van der Waals surface area contributed by atoms with Crippen molar-refractivity contribution in [3.05, 3.63) is 11.7 Å². The SMILES string of the molecule is CCC(NC(=O)NC(CCO)C(C)C)c1noc(C)n1. The van der Waals surface area contributed by atoms with E-state index in [1.807, 2.05) is 20.8 Å². The molecule has 0 radical (unpaired) electrons. The largest absolute Gasteiger partial charge is 0.396 e. The van der Waals surface area contributed by atoms with Gasteiger partial charge in [0.15, 0.2) is 5.82 Å². The van der Waals surface area contributed by atoms with Crippen LogP contribution >= 0.6 is 0 Å². The average Bonchev–Trinajstić information content (AvgIpc) is 2.81. The number of nitrogens with one attached hydrogen (secondary N) is 2. The van der Waals surface area contributed by atoms with Gasteiger partial charge in [0.25, 0.3) is 0 Å². The van der Waals surface area contributed by atoms with Gasteiger partial charge in [-0.3, -0.25) is 0 Å². The third kappa shape index (κ3) is 4.80. The maximum absolute atomic E-state index is 12.0. The Labute approximate surface area is 119 Å². The smallest absolute Gasteiger partial charge is 0.315 e. The maximum Gasteiger partial charge on any atom is 0.315 e. The van der Waals surface area contributed by atoms with Crippen molar-refractivity contribution in [3.63, 3.8) is 0 Å². The lowest BCUT2D eigenvalue weighted by atomic mass is 10.0. The van der Waals surface area contributed by atoms with Gasteiger partial charge in [-0.05, 0) is 18.8 Å². The Morgan fingerprint density at radius 1 is 1.40 bits per heavy atom. The van der Waals surface area contributed by atoms with Crippen molar-refractivity contribution in [2.24, 2.45) is 5.92 Å². The van der Waals surface area contributed by atoms with Crippen LogP contribution in [-0.4, -0.2) is 33.9 Å². The standard InChI is InChI=1S/C13H24N4O3/c1-5-10(12-14-9(4)20-17-12)15-13(19)16-11(6-7-18)8(2)3/h8,10-11,18H,5-7H2,1-4H3,(H2,15,16,19). The quantitative estimate of drug-likeness (QED) is 0.705. The third-order valence-corrected chi connectivity index (χ3v) is 3.13. The topological polar surface area (TPSA) is 100 Å². The van der Waals surface area contributed by atoms with E-state index in [4.69, 9.17) is 9.63 Å². The van der Waals surface area contributed by atoms with Crippen LogP contribution in [-0.2, 0) is 0 Å². The molecule has 20 heavy (non-hydrogen) atoms. The van der Waals surface area contributed by atoms with E-state index in [1.54, 1.807) is 6.92 Å². The number of rotatable bonds is 7. The molecule has 7 nitrogen and oxygen atoms in total. The van der Waals surface area contributed by atoms with Crippen LogP contribution in [0.1, 0.15) is 51.4 Å². The monoisotopic (exact) mass is 284 g/mol. The first-order valence-electron chi connectivity index (χ1n) is 6.96. The van der Waals surface area contributed by atoms with Crippen molar-refractivity contribution in [1.29, 1.82) is 0 Å². The van der Waals surface area contributed by atoms with E-state index in [-0.39, 0.29) is 30.6 Å². The van der Waals surface area contributed by atoms with Gasteiger partial charge in [0.2, 0.25) is 5.89 Å². The van der Waals surface area contributed by atoms with Gasteiger partial charge in [-0.25, -0.2) is 4.79 Å². The van der Waals surface area contributed by atoms with E-state index in [2.05, 4.69) is 20.8 Å². The maximum atomic E-state index is 12.0. The Hall–Kier alpha value is -1.63. The summed E-state index contributed by atoms with van der Waals surface area (Å²) < 4.78 is 4.92. The lowest BCUT2D eigenvalue weighted by Crippen LogP contribution is -2.46. The van der Waals surface area contributed by atoms with Crippen LogP contribution in [0.3, 0.4) is 0 Å². The Morgan fingerprint density at radius 2 is 2.10 bits per heavy atom. The average molecular weight is 284 g/mol. The normalized spacial score (nSPS) is 14.1. The molecule has 0 bridgehead atoms. The number of aliphatic hydroxyl groups excluding tert-OH is 1. The summed E-state index contributed by atoms with van der Waals surface area (Å²) in [5.41, 5.74) is 0. The second-order valence-electron chi connectivity index (χ2n) is 5.11. The molecule has 0 fully saturated rings. The Morgan fingerprint density at radius 3 is 2.55 bits per heavy atom. The molecular weight excluding hydrogens is 260 g/mol. The number of hydrogen-bond donors (Lipinski definition) is 3. The van der Waals surface area contributed by atoms with E-state index in [1.165, 1.54) is 0 Å². The van der Waals surface area contributed by atoms with E-state index < -0.39 is 0 Å². The van der Waals surface area contributed by atoms with E-state index in [0.29, 0.717) is 24.6 Å². The molecule has 0 spiro atoms. The van der Waals surface area contributed by atoms with Gasteiger partial charge in [-0.2, -0.15) is 4.98 Å². The second kappa shape index (κ2) is 7.84. The predicted molar refractivity (Wildman–Crippen MR) is 74.1 cm³/mol. The second-order valence-corrected chi connectivity index (χ2v) is 5.11. The highest BCUT2D eigenvalue weighted by Gasteiger charge is 2.20. The zero-order valence-electron chi connectivity index (χ0n) is 12.5. The van der Waals surface area contributed by atoms with Crippen molar-refractivity contribution in [2.75, 3.05) is 6.61 Å². The van der Waals surface area contributed by atoms with Crippen LogP contribution in [0, 0.1) is 12.8 Å². The molecular formula is C13H24N4O3. The number of aryl methyl sites for hydroxylation is 1. The number of amides is 2. The molecule has 1 aromatic rings. The zero-order valence-corrected chi connectivity index (χ0v) is 12.5. The zero-order chi connectivity index (χ0) is 15.1. The highest BCUT2D eigenvalue weighted by Crippen LogP contribution is 2.13. The summed E-state index contributed by atoms with van der Waals surface area (Å²) in [4.78, 5) is 16.1. The molecule has 2 atom stereocenters. The molecule has 0 aliphatic heterocycles. The summed E-state index contributed by atoms with van der Waals surface area (Å²) in [6.07, 6.45) is 1.20. The molecule has 0 saturated heterocycles. The number of aliphatic hydroxyl groups is 1. The molecule has 7 heteroatoms. The number of carbonyl (C=O) groups is 1. The number of hydrogen-bond acceptors (Lipinski definition) is 5. The van der Waals surface area contributed by atoms with Gasteiger partial charge < -0.3 is 20.3 Å². The minimum atomic E-state index is -0.286. The summed E-state index contributed by atoms with van der Waals surface area (Å²) in [6, 6.07) is -0.634. The molecule has 2 amide bonds. The number of carbonyl (C=O) groups excluding carboxylic acids is 1. The minimum Gasteiger partial charge on any atom is -0.396 e. The van der Waals surface area contributed by atoms with Gasteiger partial charge in [-0.1, -0.05) is 25.9 Å². The van der Waals surface area contributed by atoms with Gasteiger partial charge in [0.05, 0.1) is 6.04 Å². The first-order valence-corrected chi connectivity index (χ1v) is 6.96. The van der Waals surface area contributed by atoms with Crippen LogP contribution in [0.2, 0.25) is 0 Å². The fraction of sp³-hybridized carbons (Fsp3) is 0.769. The van der Waals surface area contributed by atoms with Gasteiger partial charge in [0.1, 0.15) is 0 Å². The molecule has 3 N–H and O–H groups in total. The molecule has 0 saturated carbocycles. The van der Waals surface area contributed by atoms with Crippen molar-refractivity contribution in [2.45, 2.75) is 52.6 Å². The lowest BCUT2D eigenvalue weighted by Gasteiger charge is -2.23. The molecule has 2 unspecified atom stereocenters. The van der Waals surface area contributed by atoms with Gasteiger partial charge in [-0.15, -0.1) is 0 Å². The third-order valence-electron chi connectivity index (χ3n) is 3.13. The molecule has 0 aromatic carbocycles. The number of aromatic nitrogens is 2. The van der Waals surface area contributed by atoms with E-state index in [9.17, 15) is 4.79 Å². The molecule has 1 heterocycles. The Kier molecular flexibility index (Phi) is 6.44. The van der Waals surface area contributed by atoms with E-state index >= 15 is 0 Å². The van der Waals surface area contributed by atoms with Crippen LogP contribution < -0.4 is 10.6 Å². The summed E-state index contributed by atoms with van der Waals surface area (Å²) in [7, 11) is 0. The van der Waals surface area contributed by atoms with Crippen molar-refractivity contribution < 1.29 is 14.4 Å². The number of nitrogens with zero attached hydrogens (tertiary/aromatic N) is 2. The van der Waals surface area contributed by atoms with E-state index in [0.717, 1.165) is 0 Å². The predicted octanol–water partition coefficient (Wildman–Crippen LogP) is 1.54. The van der Waals surface area contributed by atoms with Crippen LogP contribution in [0.25, 0.3) is 0 Å². The molecule has 1 rings (SSSR count). The van der Waals surface area contributed by atoms with Crippen molar-refractivity contribution in [3.8, 4) is 0 Å². The van der Waals surface area contributed by atoms with Gasteiger partial charge >= 0.3 is 6.03 Å². The highest BCUT2D eigenvalue weighted by atomic mass is 16.5. The van der Waals surface area contributed by atoms with Crippen molar-refractivity contribution >= 4 is 6.03 Å². The van der Waals surface area contributed by atoms with Crippen LogP contribution in [0.4, 0.5) is 4.79 Å². The van der Waals surface area contributed by atoms with Crippen molar-refractivity contribution in [1.82, 2.24) is 20.8 Å². The summed E-state index contributed by atoms with van der Waals surface area (Å²) >= 11 is 0. The summed E-state index contributed by atoms with van der Waals surface area (Å²) in [5.74, 6) is 1.20. The fourth-order valence-corrected chi connectivity index (χ4v) is 1.89. The number of urea groups is 1. The fourth-order valence-electron chi connectivity index (χ4n) is 1.89. The first kappa shape index (κ1) is 16.4. The summed E-state index contributed by atoms with van der Waals surface area (Å²) in [5, 5.41) is 18.5. The Bertz CT molecular complexity index is 420. The molecule has 0 aliphatic rings. The van der Waals surface area contributed by atoms with Crippen LogP contribution in [0.5, 0.6) is 0 Å². The molecule has 0 aliphatic carbocycles. The highest BCUT2D eigenvalue weighted by molar-refractivity contribution is 5.74. The molecule has 1 aromatic heterocycles. The lowest BCUT2D eigenvalue weighted by molar-refractivity contribution is 0.215. The van der Waals surface area contributed by atoms with Gasteiger partial charge in [0, 0.05) is 19.6 Å². The minimum absolute atomic E-state index is 0.0460. The molecule has 114 valence electrons. The van der Waals surface area contributed by atoms with Crippen LogP contribution in [0.15, 0.2) is 4.52 Å². The Balaban J connectivity index is 2.58.